The first-order valence-electron chi connectivity index (χ1n) is 7.34. The number of carbonyl (C=O) groups excluding carboxylic acids is 1. The van der Waals surface area contributed by atoms with Gasteiger partial charge in [0.2, 0.25) is 5.91 Å². The smallest absolute Gasteiger partial charge is 0.236 e. The van der Waals surface area contributed by atoms with E-state index < -0.39 is 5.41 Å². The zero-order chi connectivity index (χ0) is 14.9. The molecule has 1 heterocycles. The van der Waals surface area contributed by atoms with Crippen molar-refractivity contribution in [1.29, 1.82) is 0 Å². The third-order valence-electron chi connectivity index (χ3n) is 4.82. The van der Waals surface area contributed by atoms with Gasteiger partial charge in [-0.25, -0.2) is 0 Å². The van der Waals surface area contributed by atoms with Crippen LogP contribution in [0.3, 0.4) is 0 Å². The molecular formula is C14H26N4O2. The van der Waals surface area contributed by atoms with Gasteiger partial charge in [-0.3, -0.25) is 4.79 Å². The lowest BCUT2D eigenvalue weighted by Gasteiger charge is -2.48. The Hall–Kier alpha value is -1.30. The van der Waals surface area contributed by atoms with Crippen LogP contribution in [0, 0.1) is 11.3 Å². The van der Waals surface area contributed by atoms with Gasteiger partial charge in [-0.2, -0.15) is 0 Å². The molecule has 0 aromatic rings. The van der Waals surface area contributed by atoms with Gasteiger partial charge in [0, 0.05) is 19.1 Å². The van der Waals surface area contributed by atoms with Gasteiger partial charge in [-0.1, -0.05) is 12.1 Å². The number of carbonyl (C=O) groups is 1. The van der Waals surface area contributed by atoms with Crippen molar-refractivity contribution >= 4 is 11.7 Å². The fourth-order valence-electron chi connectivity index (χ4n) is 3.58. The minimum Gasteiger partial charge on any atom is -0.409 e. The van der Waals surface area contributed by atoms with Crippen LogP contribution >= 0.6 is 0 Å². The number of hydrogen-bond donors (Lipinski definition) is 2. The molecule has 1 saturated carbocycles. The number of oxime groups is 1. The first kappa shape index (κ1) is 15.1. The monoisotopic (exact) mass is 282 g/mol. The lowest BCUT2D eigenvalue weighted by Crippen LogP contribution is -2.60. The third kappa shape index (κ3) is 2.49. The Morgan fingerprint density at radius 3 is 2.60 bits per heavy atom. The van der Waals surface area contributed by atoms with Crippen LogP contribution in [-0.2, 0) is 4.79 Å². The zero-order valence-corrected chi connectivity index (χ0v) is 12.7. The van der Waals surface area contributed by atoms with Crippen LogP contribution in [0.15, 0.2) is 5.16 Å². The minimum absolute atomic E-state index is 0.0393. The molecule has 1 aliphatic heterocycles. The van der Waals surface area contributed by atoms with Crippen molar-refractivity contribution in [2.75, 3.05) is 27.2 Å². The number of nitrogens with two attached hydrogens (primary N) is 1. The van der Waals surface area contributed by atoms with Crippen LogP contribution in [0.5, 0.6) is 0 Å². The minimum atomic E-state index is -0.762. The van der Waals surface area contributed by atoms with E-state index >= 15 is 0 Å². The number of likely N-dealkylation sites (tertiary alicyclic amines) is 1. The summed E-state index contributed by atoms with van der Waals surface area (Å²) in [5.74, 6) is 0.568. The lowest BCUT2D eigenvalue weighted by atomic mass is 9.61. The number of piperidine rings is 1. The van der Waals surface area contributed by atoms with Crippen molar-refractivity contribution in [2.45, 2.75) is 38.6 Å². The zero-order valence-electron chi connectivity index (χ0n) is 12.7. The molecule has 1 saturated heterocycles. The SMILES string of the molecule is CC1CC(C(=O)N2CCCC(N(C)C)C2)(C(N)=NO)C1. The number of rotatable bonds is 3. The predicted octanol–water partition coefficient (Wildman–Crippen LogP) is 0.702. The molecule has 1 aliphatic carbocycles. The van der Waals surface area contributed by atoms with Crippen molar-refractivity contribution in [2.24, 2.45) is 22.2 Å². The highest BCUT2D eigenvalue weighted by atomic mass is 16.4. The summed E-state index contributed by atoms with van der Waals surface area (Å²) < 4.78 is 0. The maximum absolute atomic E-state index is 12.9. The molecule has 0 aromatic heterocycles. The average Bonchev–Trinajstić information content (AvgIpc) is 2.42. The van der Waals surface area contributed by atoms with Crippen molar-refractivity contribution in [1.82, 2.24) is 9.80 Å². The van der Waals surface area contributed by atoms with Gasteiger partial charge in [-0.05, 0) is 45.7 Å². The van der Waals surface area contributed by atoms with Crippen molar-refractivity contribution in [3.05, 3.63) is 0 Å². The number of nitrogens with zero attached hydrogens (tertiary/aromatic N) is 3. The maximum atomic E-state index is 12.9. The standard InChI is InChI=1S/C14H26N4O2/c1-10-7-14(8-10,12(15)16-20)13(19)18-6-4-5-11(9-18)17(2)3/h10-11,20H,4-9H2,1-3H3,(H2,15,16). The molecule has 3 N–H and O–H groups in total. The predicted molar refractivity (Wildman–Crippen MR) is 77.5 cm³/mol. The lowest BCUT2D eigenvalue weighted by molar-refractivity contribution is -0.146. The van der Waals surface area contributed by atoms with Crippen LogP contribution in [0.1, 0.15) is 32.6 Å². The van der Waals surface area contributed by atoms with Crippen LogP contribution in [-0.4, -0.2) is 60.0 Å². The van der Waals surface area contributed by atoms with E-state index in [9.17, 15) is 4.79 Å². The molecule has 0 spiro atoms. The first-order valence-corrected chi connectivity index (χ1v) is 7.34. The van der Waals surface area contributed by atoms with Gasteiger partial charge in [0.05, 0.1) is 0 Å². The Kier molecular flexibility index (Phi) is 4.22. The fraction of sp³-hybridized carbons (Fsp3) is 0.857. The van der Waals surface area contributed by atoms with Crippen LogP contribution in [0.4, 0.5) is 0 Å². The average molecular weight is 282 g/mol. The Balaban J connectivity index is 2.13. The van der Waals surface area contributed by atoms with Gasteiger partial charge in [0.1, 0.15) is 5.41 Å². The van der Waals surface area contributed by atoms with E-state index in [4.69, 9.17) is 10.9 Å². The van der Waals surface area contributed by atoms with Crippen LogP contribution < -0.4 is 5.73 Å². The molecule has 6 heteroatoms. The Bertz CT molecular complexity index is 402. The molecule has 1 amide bonds. The first-order chi connectivity index (χ1) is 9.40. The molecule has 20 heavy (non-hydrogen) atoms. The molecular weight excluding hydrogens is 256 g/mol. The molecule has 1 atom stereocenters. The third-order valence-corrected chi connectivity index (χ3v) is 4.82. The number of hydrogen-bond acceptors (Lipinski definition) is 4. The van der Waals surface area contributed by atoms with E-state index in [1.807, 2.05) is 19.0 Å². The summed E-state index contributed by atoms with van der Waals surface area (Å²) in [5.41, 5.74) is 5.06. The molecule has 0 bridgehead atoms. The maximum Gasteiger partial charge on any atom is 0.236 e. The number of amidine groups is 1. The second-order valence-corrected chi connectivity index (χ2v) is 6.59. The molecule has 1 unspecified atom stereocenters. The fourth-order valence-corrected chi connectivity index (χ4v) is 3.58. The topological polar surface area (TPSA) is 82.2 Å². The van der Waals surface area contributed by atoms with Gasteiger partial charge >= 0.3 is 0 Å². The molecule has 0 radical (unpaired) electrons. The van der Waals surface area contributed by atoms with Crippen LogP contribution in [0.25, 0.3) is 0 Å². The molecule has 2 rings (SSSR count). The number of amides is 1. The van der Waals surface area contributed by atoms with Gasteiger partial charge < -0.3 is 20.7 Å². The Labute approximate surface area is 120 Å². The molecule has 114 valence electrons. The van der Waals surface area contributed by atoms with Gasteiger partial charge in [0.15, 0.2) is 5.84 Å². The highest BCUT2D eigenvalue weighted by Crippen LogP contribution is 2.47. The van der Waals surface area contributed by atoms with Gasteiger partial charge in [-0.15, -0.1) is 0 Å². The van der Waals surface area contributed by atoms with E-state index in [0.29, 0.717) is 24.8 Å². The van der Waals surface area contributed by atoms with E-state index in [0.717, 1.165) is 25.9 Å². The van der Waals surface area contributed by atoms with Crippen LogP contribution in [0.2, 0.25) is 0 Å². The van der Waals surface area contributed by atoms with E-state index in [-0.39, 0.29) is 11.7 Å². The molecule has 2 aliphatic rings. The normalized spacial score (nSPS) is 35.0. The van der Waals surface area contributed by atoms with E-state index in [2.05, 4.69) is 17.0 Å². The summed E-state index contributed by atoms with van der Waals surface area (Å²) in [6.07, 6.45) is 3.50. The summed E-state index contributed by atoms with van der Waals surface area (Å²) >= 11 is 0. The van der Waals surface area contributed by atoms with Crippen molar-refractivity contribution < 1.29 is 10.0 Å². The summed E-state index contributed by atoms with van der Waals surface area (Å²) in [7, 11) is 4.09. The second-order valence-electron chi connectivity index (χ2n) is 6.59. The quantitative estimate of drug-likeness (QED) is 0.345. The van der Waals surface area contributed by atoms with Gasteiger partial charge in [0.25, 0.3) is 0 Å². The van der Waals surface area contributed by atoms with E-state index in [1.54, 1.807) is 0 Å². The Morgan fingerprint density at radius 2 is 2.10 bits per heavy atom. The highest BCUT2D eigenvalue weighted by molar-refractivity contribution is 6.07. The summed E-state index contributed by atoms with van der Waals surface area (Å²) in [4.78, 5) is 16.9. The Morgan fingerprint density at radius 1 is 1.45 bits per heavy atom. The highest BCUT2D eigenvalue weighted by Gasteiger charge is 2.54. The largest absolute Gasteiger partial charge is 0.409 e. The van der Waals surface area contributed by atoms with Crippen molar-refractivity contribution in [3.63, 3.8) is 0 Å². The summed E-state index contributed by atoms with van der Waals surface area (Å²) in [6.45, 7) is 3.60. The molecule has 6 nitrogen and oxygen atoms in total. The molecule has 0 aromatic carbocycles. The van der Waals surface area contributed by atoms with Crippen molar-refractivity contribution in [3.8, 4) is 0 Å². The summed E-state index contributed by atoms with van der Waals surface area (Å²) in [6, 6.07) is 0.398. The van der Waals surface area contributed by atoms with E-state index in [1.165, 1.54) is 0 Å². The summed E-state index contributed by atoms with van der Waals surface area (Å²) in [5, 5.41) is 12.1. The molecule has 2 fully saturated rings. The second kappa shape index (κ2) is 5.60. The number of likely N-dealkylation sites (N-methyl/N-ethyl adjacent to an activating group) is 1.